The molecular weight excluding hydrogens is 486 g/mol. The van der Waals surface area contributed by atoms with E-state index in [1.165, 1.54) is 30.3 Å². The van der Waals surface area contributed by atoms with Gasteiger partial charge in [0, 0.05) is 25.2 Å². The van der Waals surface area contributed by atoms with Crippen molar-refractivity contribution < 1.29 is 27.2 Å². The van der Waals surface area contributed by atoms with E-state index in [1.54, 1.807) is 16.7 Å². The number of carbonyl (C=O) groups is 2. The number of allylic oxidation sites excluding steroid dienone is 1. The molecule has 184 valence electrons. The van der Waals surface area contributed by atoms with E-state index in [-0.39, 0.29) is 30.0 Å². The van der Waals surface area contributed by atoms with E-state index in [2.05, 4.69) is 27.4 Å². The number of hydrogen-bond acceptors (Lipinski definition) is 5. The number of anilines is 1. The topological polar surface area (TPSA) is 88.9 Å². The first kappa shape index (κ1) is 25.9. The molecule has 0 aliphatic heterocycles. The predicted molar refractivity (Wildman–Crippen MR) is 123 cm³/mol. The van der Waals surface area contributed by atoms with Crippen LogP contribution in [0.2, 0.25) is 0 Å². The van der Waals surface area contributed by atoms with Crippen molar-refractivity contribution in [1.29, 1.82) is 0 Å². The van der Waals surface area contributed by atoms with Gasteiger partial charge in [-0.05, 0) is 30.3 Å². The number of halogens is 4. The Kier molecular flexibility index (Phi) is 8.63. The van der Waals surface area contributed by atoms with Crippen molar-refractivity contribution >= 4 is 29.3 Å². The number of aromatic nitrogens is 3. The standard InChI is InChI=1S/C23H21F4N5O2S/c1-2-12-32-19(10-11-28-21(34)17-8-3-4-9-18(17)24)30-31-22(32)35-14-20(33)29-16-7-5-6-15(13-16)23(25,26)27/h2-9,13H,1,10-12,14H2,(H,28,34)(H,29,33). The number of thioether (sulfide) groups is 1. The van der Waals surface area contributed by atoms with Crippen molar-refractivity contribution in [2.75, 3.05) is 17.6 Å². The van der Waals surface area contributed by atoms with E-state index in [4.69, 9.17) is 0 Å². The minimum Gasteiger partial charge on any atom is -0.351 e. The highest BCUT2D eigenvalue weighted by Gasteiger charge is 2.30. The van der Waals surface area contributed by atoms with Crippen LogP contribution in [0, 0.1) is 5.82 Å². The fourth-order valence-electron chi connectivity index (χ4n) is 3.05. The van der Waals surface area contributed by atoms with Gasteiger partial charge in [-0.15, -0.1) is 16.8 Å². The van der Waals surface area contributed by atoms with Crippen molar-refractivity contribution in [3.63, 3.8) is 0 Å². The van der Waals surface area contributed by atoms with E-state index < -0.39 is 29.4 Å². The molecule has 7 nitrogen and oxygen atoms in total. The average molecular weight is 508 g/mol. The minimum absolute atomic E-state index is 0.0317. The summed E-state index contributed by atoms with van der Waals surface area (Å²) in [6, 6.07) is 9.98. The molecule has 2 N–H and O–H groups in total. The fraction of sp³-hybridized carbons (Fsp3) is 0.217. The third-order valence-corrected chi connectivity index (χ3v) is 5.63. The van der Waals surface area contributed by atoms with Gasteiger partial charge in [-0.25, -0.2) is 4.39 Å². The Morgan fingerprint density at radius 2 is 1.89 bits per heavy atom. The average Bonchev–Trinajstić information content (AvgIpc) is 3.19. The van der Waals surface area contributed by atoms with Gasteiger partial charge >= 0.3 is 6.18 Å². The number of nitrogens with one attached hydrogen (secondary N) is 2. The summed E-state index contributed by atoms with van der Waals surface area (Å²) < 4.78 is 54.0. The van der Waals surface area contributed by atoms with Gasteiger partial charge in [0.05, 0.1) is 16.9 Å². The van der Waals surface area contributed by atoms with E-state index in [0.717, 1.165) is 23.9 Å². The summed E-state index contributed by atoms with van der Waals surface area (Å²) >= 11 is 1.05. The van der Waals surface area contributed by atoms with Crippen LogP contribution in [0.1, 0.15) is 21.7 Å². The molecule has 1 heterocycles. The molecule has 35 heavy (non-hydrogen) atoms. The van der Waals surface area contributed by atoms with Gasteiger partial charge in [0.25, 0.3) is 5.91 Å². The molecule has 0 fully saturated rings. The molecule has 0 atom stereocenters. The molecule has 2 aromatic carbocycles. The molecule has 0 aliphatic carbocycles. The Bertz CT molecular complexity index is 1210. The normalized spacial score (nSPS) is 11.2. The summed E-state index contributed by atoms with van der Waals surface area (Å²) in [7, 11) is 0. The molecule has 12 heteroatoms. The Morgan fingerprint density at radius 3 is 2.60 bits per heavy atom. The van der Waals surface area contributed by atoms with Crippen LogP contribution in [-0.2, 0) is 23.9 Å². The smallest absolute Gasteiger partial charge is 0.351 e. The van der Waals surface area contributed by atoms with Crippen LogP contribution >= 0.6 is 11.8 Å². The van der Waals surface area contributed by atoms with E-state index >= 15 is 0 Å². The second-order valence-corrected chi connectivity index (χ2v) is 8.14. The number of rotatable bonds is 10. The van der Waals surface area contributed by atoms with Crippen LogP contribution in [0.4, 0.5) is 23.2 Å². The third-order valence-electron chi connectivity index (χ3n) is 4.66. The zero-order valence-corrected chi connectivity index (χ0v) is 19.1. The van der Waals surface area contributed by atoms with Crippen molar-refractivity contribution in [2.24, 2.45) is 0 Å². The van der Waals surface area contributed by atoms with Gasteiger partial charge in [0.1, 0.15) is 11.6 Å². The molecule has 0 bridgehead atoms. The molecule has 0 aliphatic rings. The van der Waals surface area contributed by atoms with E-state index in [0.29, 0.717) is 17.5 Å². The zero-order valence-electron chi connectivity index (χ0n) is 18.3. The lowest BCUT2D eigenvalue weighted by Crippen LogP contribution is -2.27. The maximum absolute atomic E-state index is 13.7. The van der Waals surface area contributed by atoms with Gasteiger partial charge < -0.3 is 15.2 Å². The molecule has 3 aromatic rings. The molecule has 0 radical (unpaired) electrons. The third kappa shape index (κ3) is 7.15. The van der Waals surface area contributed by atoms with Crippen LogP contribution in [0.25, 0.3) is 0 Å². The summed E-state index contributed by atoms with van der Waals surface area (Å²) in [4.78, 5) is 24.4. The second kappa shape index (κ2) is 11.6. The first-order chi connectivity index (χ1) is 16.7. The zero-order chi connectivity index (χ0) is 25.4. The van der Waals surface area contributed by atoms with Crippen LogP contribution in [0.15, 0.2) is 66.3 Å². The first-order valence-electron chi connectivity index (χ1n) is 10.3. The van der Waals surface area contributed by atoms with E-state index in [9.17, 15) is 27.2 Å². The van der Waals surface area contributed by atoms with Gasteiger partial charge in [-0.3, -0.25) is 9.59 Å². The number of nitrogens with zero attached hydrogens (tertiary/aromatic N) is 3. The van der Waals surface area contributed by atoms with Gasteiger partial charge in [-0.1, -0.05) is 36.0 Å². The first-order valence-corrected chi connectivity index (χ1v) is 11.3. The number of carbonyl (C=O) groups excluding carboxylic acids is 2. The lowest BCUT2D eigenvalue weighted by Gasteiger charge is -2.10. The Labute approximate surface area is 202 Å². The number of alkyl halides is 3. The van der Waals surface area contributed by atoms with Gasteiger partial charge in [0.2, 0.25) is 5.91 Å². The Balaban J connectivity index is 1.57. The highest BCUT2D eigenvalue weighted by Crippen LogP contribution is 2.30. The molecule has 0 unspecified atom stereocenters. The predicted octanol–water partition coefficient (Wildman–Crippen LogP) is 4.33. The second-order valence-electron chi connectivity index (χ2n) is 7.20. The highest BCUT2D eigenvalue weighted by atomic mass is 32.2. The molecule has 0 spiro atoms. The highest BCUT2D eigenvalue weighted by molar-refractivity contribution is 7.99. The van der Waals surface area contributed by atoms with Gasteiger partial charge in [-0.2, -0.15) is 13.2 Å². The lowest BCUT2D eigenvalue weighted by atomic mass is 10.2. The maximum Gasteiger partial charge on any atom is 0.416 e. The SMILES string of the molecule is C=CCn1c(CCNC(=O)c2ccccc2F)nnc1SCC(=O)Nc1cccc(C(F)(F)F)c1. The number of benzene rings is 2. The van der Waals surface area contributed by atoms with Gasteiger partial charge in [0.15, 0.2) is 5.16 Å². The number of amides is 2. The quantitative estimate of drug-likeness (QED) is 0.242. The number of hydrogen-bond donors (Lipinski definition) is 2. The molecular formula is C23H21F4N5O2S. The fourth-order valence-corrected chi connectivity index (χ4v) is 3.82. The van der Waals surface area contributed by atoms with Crippen molar-refractivity contribution in [3.05, 3.63) is 84.0 Å². The Morgan fingerprint density at radius 1 is 1.11 bits per heavy atom. The van der Waals surface area contributed by atoms with Crippen LogP contribution in [0.3, 0.4) is 0 Å². The van der Waals surface area contributed by atoms with Crippen LogP contribution in [0.5, 0.6) is 0 Å². The Hall–Kier alpha value is -3.67. The van der Waals surface area contributed by atoms with E-state index in [1.807, 2.05) is 0 Å². The maximum atomic E-state index is 13.7. The lowest BCUT2D eigenvalue weighted by molar-refractivity contribution is -0.137. The molecule has 0 saturated heterocycles. The summed E-state index contributed by atoms with van der Waals surface area (Å²) in [5.74, 6) is -1.29. The van der Waals surface area contributed by atoms with Crippen LogP contribution in [-0.4, -0.2) is 38.9 Å². The summed E-state index contributed by atoms with van der Waals surface area (Å²) in [6.07, 6.45) is -2.61. The molecule has 0 saturated carbocycles. The largest absolute Gasteiger partial charge is 0.416 e. The summed E-state index contributed by atoms with van der Waals surface area (Å²) in [5, 5.41) is 13.6. The molecule has 3 rings (SSSR count). The summed E-state index contributed by atoms with van der Waals surface area (Å²) in [5.41, 5.74) is -0.896. The molecule has 1 aromatic heterocycles. The van der Waals surface area contributed by atoms with Crippen molar-refractivity contribution in [3.8, 4) is 0 Å². The molecule has 2 amide bonds. The minimum atomic E-state index is -4.51. The van der Waals surface area contributed by atoms with Crippen molar-refractivity contribution in [1.82, 2.24) is 20.1 Å². The van der Waals surface area contributed by atoms with Crippen molar-refractivity contribution in [2.45, 2.75) is 24.3 Å². The monoisotopic (exact) mass is 507 g/mol. The van der Waals surface area contributed by atoms with Crippen LogP contribution < -0.4 is 10.6 Å². The summed E-state index contributed by atoms with van der Waals surface area (Å²) in [6.45, 7) is 4.19.